The van der Waals surface area contributed by atoms with Gasteiger partial charge in [-0.3, -0.25) is 4.79 Å². The number of carbonyl (C=O) groups excluding carboxylic acids is 1. The van der Waals surface area contributed by atoms with E-state index in [1.54, 1.807) is 0 Å². The minimum absolute atomic E-state index is 4.23. The van der Waals surface area contributed by atoms with Crippen LogP contribution in [0.5, 0.6) is 0 Å². The number of hydrogen-bond acceptors (Lipinski definition) is 2. The zero-order valence-electron chi connectivity index (χ0n) is 10.5. The van der Waals surface area contributed by atoms with Gasteiger partial charge in [0.2, 0.25) is 0 Å². The van der Waals surface area contributed by atoms with Crippen LogP contribution in [0, 0.1) is 0 Å². The van der Waals surface area contributed by atoms with Crippen LogP contribution in [0.4, 0.5) is 65.9 Å². The Hall–Kier alpha value is -1.42. The van der Waals surface area contributed by atoms with Crippen LogP contribution in [-0.2, 0) is 4.79 Å². The molecule has 0 amide bonds. The molecule has 0 spiro atoms. The second-order valence-corrected chi connectivity index (χ2v) is 4.53. The van der Waals surface area contributed by atoms with Gasteiger partial charge in [0.25, 0.3) is 0 Å². The summed E-state index contributed by atoms with van der Waals surface area (Å²) in [7, 11) is 0. The highest BCUT2D eigenvalue weighted by molar-refractivity contribution is 5.78. The molecule has 1 unspecified atom stereocenters. The summed E-state index contributed by atoms with van der Waals surface area (Å²) in [4.78, 5) is 5.58. The Balaban J connectivity index is 3.99. The molecule has 0 N–H and O–H groups in total. The molecule has 0 radical (unpaired) electrons. The molecule has 0 aromatic carbocycles. The zero-order valence-corrected chi connectivity index (χ0v) is 10.5. The number of likely N-dealkylation sites (tertiary alicyclic amines) is 1. The van der Waals surface area contributed by atoms with Gasteiger partial charge in [-0.2, -0.15) is 61.5 Å². The SMILES string of the molecule is O=C(F)C(F)(F)C(F)(N1C(F)(F)C(F)(F)C(F)(F)C1(F)F)C(F)(F)F. The predicted molar refractivity (Wildman–Crippen MR) is 42.6 cm³/mol. The van der Waals surface area contributed by atoms with E-state index in [1.807, 2.05) is 0 Å². The average Bonchev–Trinajstić information content (AvgIpc) is 2.41. The van der Waals surface area contributed by atoms with Gasteiger partial charge in [0.05, 0.1) is 0 Å². The largest absolute Gasteiger partial charge is 0.443 e. The Kier molecular flexibility index (Phi) is 4.19. The van der Waals surface area contributed by atoms with Crippen LogP contribution in [-0.4, -0.2) is 52.8 Å². The molecule has 17 heteroatoms. The molecular weight excluding hydrogens is 411 g/mol. The molecule has 1 heterocycles. The van der Waals surface area contributed by atoms with Crippen molar-refractivity contribution in [1.82, 2.24) is 4.90 Å². The summed E-state index contributed by atoms with van der Waals surface area (Å²) >= 11 is 0. The zero-order chi connectivity index (χ0) is 20.7. The Morgan fingerprint density at radius 3 is 1.16 bits per heavy atom. The Labute approximate surface area is 125 Å². The lowest BCUT2D eigenvalue weighted by Crippen LogP contribution is -2.74. The van der Waals surface area contributed by atoms with Gasteiger partial charge in [0.1, 0.15) is 0 Å². The normalized spacial score (nSPS) is 27.8. The van der Waals surface area contributed by atoms with E-state index < -0.39 is 52.8 Å². The van der Waals surface area contributed by atoms with E-state index in [0.29, 0.717) is 0 Å². The minimum Gasteiger partial charge on any atom is -0.254 e. The molecule has 0 bridgehead atoms. The molecule has 1 aliphatic rings. The van der Waals surface area contributed by atoms with Crippen molar-refractivity contribution in [3.63, 3.8) is 0 Å². The summed E-state index contributed by atoms with van der Waals surface area (Å²) in [6.07, 6.45) is -7.85. The van der Waals surface area contributed by atoms with Crippen molar-refractivity contribution in [3.05, 3.63) is 0 Å². The van der Waals surface area contributed by atoms with Gasteiger partial charge in [-0.15, -0.1) is 4.90 Å². The maximum Gasteiger partial charge on any atom is 0.443 e. The Morgan fingerprint density at radius 1 is 0.680 bits per heavy atom. The van der Waals surface area contributed by atoms with Crippen LogP contribution in [0.25, 0.3) is 0 Å². The highest BCUT2D eigenvalue weighted by Gasteiger charge is 3.00. The van der Waals surface area contributed by atoms with Gasteiger partial charge in [-0.05, 0) is 0 Å². The third-order valence-electron chi connectivity index (χ3n) is 3.06. The van der Waals surface area contributed by atoms with Crippen LogP contribution in [0.2, 0.25) is 0 Å². The molecule has 1 atom stereocenters. The summed E-state index contributed by atoms with van der Waals surface area (Å²) in [5.74, 6) is -30.6. The van der Waals surface area contributed by atoms with Gasteiger partial charge in [0.15, 0.2) is 0 Å². The first-order valence-electron chi connectivity index (χ1n) is 5.21. The van der Waals surface area contributed by atoms with Crippen molar-refractivity contribution >= 4 is 6.04 Å². The predicted octanol–water partition coefficient (Wildman–Crippen LogP) is 4.12. The number of hydrogen-bond donors (Lipinski definition) is 0. The van der Waals surface area contributed by atoms with Crippen molar-refractivity contribution in [2.75, 3.05) is 0 Å². The van der Waals surface area contributed by atoms with Crippen molar-refractivity contribution < 1.29 is 70.7 Å². The molecule has 0 aromatic heterocycles. The van der Waals surface area contributed by atoms with Crippen molar-refractivity contribution in [2.24, 2.45) is 0 Å². The van der Waals surface area contributed by atoms with Crippen molar-refractivity contribution in [2.45, 2.75) is 41.8 Å². The quantitative estimate of drug-likeness (QED) is 0.396. The van der Waals surface area contributed by atoms with Gasteiger partial charge in [-0.1, -0.05) is 0 Å². The fourth-order valence-corrected chi connectivity index (χ4v) is 1.80. The smallest absolute Gasteiger partial charge is 0.254 e. The van der Waals surface area contributed by atoms with Crippen LogP contribution >= 0.6 is 0 Å². The number of halogens is 15. The third-order valence-corrected chi connectivity index (χ3v) is 3.06. The molecule has 1 fully saturated rings. The molecule has 2 nitrogen and oxygen atoms in total. The average molecular weight is 411 g/mol. The molecule has 0 aromatic rings. The van der Waals surface area contributed by atoms with Crippen LogP contribution < -0.4 is 0 Å². The van der Waals surface area contributed by atoms with E-state index in [-0.39, 0.29) is 0 Å². The third kappa shape index (κ3) is 2.09. The monoisotopic (exact) mass is 411 g/mol. The van der Waals surface area contributed by atoms with Gasteiger partial charge >= 0.3 is 47.9 Å². The molecule has 1 rings (SSSR count). The fourth-order valence-electron chi connectivity index (χ4n) is 1.80. The summed E-state index contributed by atoms with van der Waals surface area (Å²) in [6, 6.07) is -20.1. The van der Waals surface area contributed by atoms with Crippen molar-refractivity contribution in [1.29, 1.82) is 0 Å². The highest BCUT2D eigenvalue weighted by Crippen LogP contribution is 2.68. The minimum atomic E-state index is -7.97. The molecule has 1 aliphatic heterocycles. The molecular formula is C8F15NO. The van der Waals surface area contributed by atoms with Gasteiger partial charge < -0.3 is 0 Å². The van der Waals surface area contributed by atoms with E-state index >= 15 is 0 Å². The number of nitrogens with zero attached hydrogens (tertiary/aromatic N) is 1. The molecule has 25 heavy (non-hydrogen) atoms. The summed E-state index contributed by atoms with van der Waals surface area (Å²) in [5.41, 5.74) is 0. The second kappa shape index (κ2) is 4.85. The lowest BCUT2D eigenvalue weighted by molar-refractivity contribution is -0.429. The second-order valence-electron chi connectivity index (χ2n) is 4.53. The topological polar surface area (TPSA) is 20.3 Å². The fraction of sp³-hybridized carbons (Fsp3) is 0.875. The van der Waals surface area contributed by atoms with Gasteiger partial charge in [-0.25, -0.2) is 4.39 Å². The van der Waals surface area contributed by atoms with Crippen molar-refractivity contribution in [3.8, 4) is 0 Å². The highest BCUT2D eigenvalue weighted by atomic mass is 19.4. The molecule has 1 saturated heterocycles. The maximum absolute atomic E-state index is 13.7. The first kappa shape index (κ1) is 21.6. The van der Waals surface area contributed by atoms with E-state index in [0.717, 1.165) is 0 Å². The van der Waals surface area contributed by atoms with Gasteiger partial charge in [0, 0.05) is 0 Å². The lowest BCUT2D eigenvalue weighted by Gasteiger charge is -2.42. The van der Waals surface area contributed by atoms with Crippen LogP contribution in [0.3, 0.4) is 0 Å². The lowest BCUT2D eigenvalue weighted by atomic mass is 10.0. The summed E-state index contributed by atoms with van der Waals surface area (Å²) < 4.78 is 192. The summed E-state index contributed by atoms with van der Waals surface area (Å²) in [6.45, 7) is 0. The van der Waals surface area contributed by atoms with Crippen LogP contribution in [0.1, 0.15) is 0 Å². The number of rotatable bonds is 3. The maximum atomic E-state index is 13.7. The molecule has 148 valence electrons. The number of alkyl halides is 14. The molecule has 0 aliphatic carbocycles. The Bertz CT molecular complexity index is 553. The Morgan fingerprint density at radius 2 is 0.960 bits per heavy atom. The first-order valence-corrected chi connectivity index (χ1v) is 5.21. The summed E-state index contributed by atoms with van der Waals surface area (Å²) in [5, 5.41) is 0. The van der Waals surface area contributed by atoms with E-state index in [2.05, 4.69) is 0 Å². The van der Waals surface area contributed by atoms with Crippen LogP contribution in [0.15, 0.2) is 0 Å². The first-order chi connectivity index (χ1) is 10.6. The number of carbonyl (C=O) groups is 1. The molecule has 0 saturated carbocycles. The van der Waals surface area contributed by atoms with E-state index in [4.69, 9.17) is 0 Å². The standard InChI is InChI=1S/C8F15NO/c9-1(25)2(10,11)5(16,6(17,18)19)24-7(20,21)3(12,13)4(14,15)8(24,22)23. The van der Waals surface area contributed by atoms with E-state index in [9.17, 15) is 70.7 Å². The van der Waals surface area contributed by atoms with E-state index in [1.165, 1.54) is 0 Å².